The molecule has 2 aromatic rings. The summed E-state index contributed by atoms with van der Waals surface area (Å²) in [6.07, 6.45) is 1.54. The largest absolute Gasteiger partial charge is 0.485 e. The van der Waals surface area contributed by atoms with E-state index in [4.69, 9.17) is 9.26 Å². The summed E-state index contributed by atoms with van der Waals surface area (Å²) in [5.41, 5.74) is 0.848. The van der Waals surface area contributed by atoms with Crippen LogP contribution in [0, 0.1) is 5.82 Å². The summed E-state index contributed by atoms with van der Waals surface area (Å²) in [6.45, 7) is 4.93. The summed E-state index contributed by atoms with van der Waals surface area (Å²) in [7, 11) is 0. The SMILES string of the molecule is CC(C)NCc1cc(F)cc(OCc2ccno2)c1. The summed E-state index contributed by atoms with van der Waals surface area (Å²) in [5.74, 6) is 0.777. The van der Waals surface area contributed by atoms with Crippen LogP contribution in [0.2, 0.25) is 0 Å². The maximum atomic E-state index is 13.5. The van der Waals surface area contributed by atoms with E-state index in [2.05, 4.69) is 10.5 Å². The normalized spacial score (nSPS) is 10.9. The van der Waals surface area contributed by atoms with Gasteiger partial charge in [0.1, 0.15) is 18.2 Å². The van der Waals surface area contributed by atoms with Gasteiger partial charge in [0, 0.05) is 24.7 Å². The molecule has 0 radical (unpaired) electrons. The summed E-state index contributed by atoms with van der Waals surface area (Å²) >= 11 is 0. The van der Waals surface area contributed by atoms with Gasteiger partial charge in [-0.05, 0) is 17.7 Å². The average Bonchev–Trinajstić information content (AvgIpc) is 2.86. The molecular formula is C14H17FN2O2. The fourth-order valence-corrected chi connectivity index (χ4v) is 1.60. The molecule has 0 bridgehead atoms. The van der Waals surface area contributed by atoms with E-state index in [-0.39, 0.29) is 12.4 Å². The van der Waals surface area contributed by atoms with E-state index in [0.29, 0.717) is 24.1 Å². The van der Waals surface area contributed by atoms with Gasteiger partial charge in [0.15, 0.2) is 5.76 Å². The number of ether oxygens (including phenoxy) is 1. The standard InChI is InChI=1S/C14H17FN2O2/c1-10(2)16-8-11-5-12(15)7-14(6-11)18-9-13-3-4-17-19-13/h3-7,10,16H,8-9H2,1-2H3. The molecule has 4 nitrogen and oxygen atoms in total. The Kier molecular flexibility index (Phi) is 4.52. The lowest BCUT2D eigenvalue weighted by molar-refractivity contribution is 0.248. The van der Waals surface area contributed by atoms with Crippen molar-refractivity contribution in [3.8, 4) is 5.75 Å². The van der Waals surface area contributed by atoms with Crippen molar-refractivity contribution in [2.24, 2.45) is 0 Å². The monoisotopic (exact) mass is 264 g/mol. The van der Waals surface area contributed by atoms with Crippen molar-refractivity contribution in [2.75, 3.05) is 0 Å². The van der Waals surface area contributed by atoms with Crippen LogP contribution in [0.1, 0.15) is 25.2 Å². The first kappa shape index (κ1) is 13.5. The highest BCUT2D eigenvalue weighted by molar-refractivity contribution is 5.29. The summed E-state index contributed by atoms with van der Waals surface area (Å²) in [5, 5.41) is 6.81. The molecule has 0 aliphatic carbocycles. The third kappa shape index (κ3) is 4.37. The molecule has 0 fully saturated rings. The van der Waals surface area contributed by atoms with Gasteiger partial charge in [-0.15, -0.1) is 0 Å². The zero-order valence-electron chi connectivity index (χ0n) is 11.0. The van der Waals surface area contributed by atoms with Crippen LogP contribution in [0.3, 0.4) is 0 Å². The minimum absolute atomic E-state index is 0.237. The van der Waals surface area contributed by atoms with Gasteiger partial charge in [0.2, 0.25) is 0 Å². The highest BCUT2D eigenvalue weighted by atomic mass is 19.1. The van der Waals surface area contributed by atoms with E-state index < -0.39 is 0 Å². The fourth-order valence-electron chi connectivity index (χ4n) is 1.60. The number of rotatable bonds is 6. The van der Waals surface area contributed by atoms with Crippen molar-refractivity contribution >= 4 is 0 Å². The maximum Gasteiger partial charge on any atom is 0.174 e. The average molecular weight is 264 g/mol. The molecule has 1 heterocycles. The summed E-state index contributed by atoms with van der Waals surface area (Å²) < 4.78 is 23.9. The van der Waals surface area contributed by atoms with E-state index in [1.54, 1.807) is 12.3 Å². The number of nitrogens with zero attached hydrogens (tertiary/aromatic N) is 1. The van der Waals surface area contributed by atoms with Crippen LogP contribution < -0.4 is 10.1 Å². The van der Waals surface area contributed by atoms with Crippen molar-refractivity contribution in [3.63, 3.8) is 0 Å². The molecule has 0 unspecified atom stereocenters. The smallest absolute Gasteiger partial charge is 0.174 e. The van der Waals surface area contributed by atoms with Crippen LogP contribution in [-0.2, 0) is 13.2 Å². The first-order valence-electron chi connectivity index (χ1n) is 6.18. The molecule has 1 aromatic heterocycles. The zero-order chi connectivity index (χ0) is 13.7. The van der Waals surface area contributed by atoms with Crippen molar-refractivity contribution in [1.29, 1.82) is 0 Å². The van der Waals surface area contributed by atoms with Gasteiger partial charge < -0.3 is 14.6 Å². The Morgan fingerprint density at radius 2 is 2.21 bits per heavy atom. The van der Waals surface area contributed by atoms with Gasteiger partial charge in [-0.2, -0.15) is 0 Å². The third-order valence-corrected chi connectivity index (χ3v) is 2.52. The molecule has 1 aromatic carbocycles. The quantitative estimate of drug-likeness (QED) is 0.871. The van der Waals surface area contributed by atoms with E-state index in [1.165, 1.54) is 12.1 Å². The number of hydrogen-bond donors (Lipinski definition) is 1. The molecule has 5 heteroatoms. The second-order valence-corrected chi connectivity index (χ2v) is 4.60. The Hall–Kier alpha value is -1.88. The molecule has 2 rings (SSSR count). The molecular weight excluding hydrogens is 247 g/mol. The number of nitrogens with one attached hydrogen (secondary N) is 1. The van der Waals surface area contributed by atoms with Gasteiger partial charge >= 0.3 is 0 Å². The van der Waals surface area contributed by atoms with E-state index in [1.807, 2.05) is 19.9 Å². The number of aromatic nitrogens is 1. The Bertz CT molecular complexity index is 512. The van der Waals surface area contributed by atoms with Crippen molar-refractivity contribution in [1.82, 2.24) is 10.5 Å². The predicted octanol–water partition coefficient (Wildman–Crippen LogP) is 2.89. The van der Waals surface area contributed by atoms with E-state index in [0.717, 1.165) is 5.56 Å². The second-order valence-electron chi connectivity index (χ2n) is 4.60. The lowest BCUT2D eigenvalue weighted by Gasteiger charge is -2.10. The second kappa shape index (κ2) is 6.33. The lowest BCUT2D eigenvalue weighted by atomic mass is 10.2. The third-order valence-electron chi connectivity index (χ3n) is 2.52. The van der Waals surface area contributed by atoms with Gasteiger partial charge in [0.05, 0.1) is 6.20 Å². The highest BCUT2D eigenvalue weighted by Crippen LogP contribution is 2.18. The molecule has 102 valence electrons. The molecule has 19 heavy (non-hydrogen) atoms. The Morgan fingerprint density at radius 1 is 1.37 bits per heavy atom. The Labute approximate surface area is 111 Å². The van der Waals surface area contributed by atoms with E-state index in [9.17, 15) is 4.39 Å². The molecule has 0 aliphatic rings. The van der Waals surface area contributed by atoms with Crippen LogP contribution in [-0.4, -0.2) is 11.2 Å². The highest BCUT2D eigenvalue weighted by Gasteiger charge is 2.04. The molecule has 0 aliphatic heterocycles. The summed E-state index contributed by atoms with van der Waals surface area (Å²) in [6, 6.07) is 6.73. The Morgan fingerprint density at radius 3 is 2.89 bits per heavy atom. The first-order chi connectivity index (χ1) is 9.13. The summed E-state index contributed by atoms with van der Waals surface area (Å²) in [4.78, 5) is 0. The number of halogens is 1. The van der Waals surface area contributed by atoms with Crippen LogP contribution in [0.4, 0.5) is 4.39 Å². The van der Waals surface area contributed by atoms with Crippen LogP contribution >= 0.6 is 0 Å². The Balaban J connectivity index is 1.99. The number of hydrogen-bond acceptors (Lipinski definition) is 4. The zero-order valence-corrected chi connectivity index (χ0v) is 11.0. The van der Waals surface area contributed by atoms with Crippen LogP contribution in [0.25, 0.3) is 0 Å². The van der Waals surface area contributed by atoms with Crippen molar-refractivity contribution < 1.29 is 13.7 Å². The predicted molar refractivity (Wildman–Crippen MR) is 69.2 cm³/mol. The fraction of sp³-hybridized carbons (Fsp3) is 0.357. The molecule has 0 amide bonds. The lowest BCUT2D eigenvalue weighted by Crippen LogP contribution is -2.21. The van der Waals surface area contributed by atoms with Crippen molar-refractivity contribution in [2.45, 2.75) is 33.0 Å². The van der Waals surface area contributed by atoms with Gasteiger partial charge in [0.25, 0.3) is 0 Å². The minimum Gasteiger partial charge on any atom is -0.485 e. The molecule has 0 saturated heterocycles. The topological polar surface area (TPSA) is 47.3 Å². The van der Waals surface area contributed by atoms with Crippen LogP contribution in [0.15, 0.2) is 35.0 Å². The molecule has 0 atom stereocenters. The first-order valence-corrected chi connectivity index (χ1v) is 6.18. The molecule has 1 N–H and O–H groups in total. The van der Waals surface area contributed by atoms with Crippen molar-refractivity contribution in [3.05, 3.63) is 47.6 Å². The molecule has 0 spiro atoms. The van der Waals surface area contributed by atoms with Crippen LogP contribution in [0.5, 0.6) is 5.75 Å². The number of benzene rings is 1. The van der Waals surface area contributed by atoms with Gasteiger partial charge in [-0.3, -0.25) is 0 Å². The van der Waals surface area contributed by atoms with E-state index >= 15 is 0 Å². The molecule has 0 saturated carbocycles. The maximum absolute atomic E-state index is 13.5. The van der Waals surface area contributed by atoms with Gasteiger partial charge in [-0.1, -0.05) is 19.0 Å². The van der Waals surface area contributed by atoms with Gasteiger partial charge in [-0.25, -0.2) is 4.39 Å². The minimum atomic E-state index is -0.310.